The van der Waals surface area contributed by atoms with Gasteiger partial charge in [0.2, 0.25) is 0 Å². The minimum absolute atomic E-state index is 0.405. The molecule has 0 saturated heterocycles. The first-order chi connectivity index (χ1) is 7.67. The lowest BCUT2D eigenvalue weighted by Gasteiger charge is -2.31. The summed E-state index contributed by atoms with van der Waals surface area (Å²) >= 11 is 3.22. The molecule has 0 aliphatic heterocycles. The molecule has 0 amide bonds. The van der Waals surface area contributed by atoms with Crippen LogP contribution in [0.15, 0.2) is 10.8 Å². The Balaban J connectivity index is 1.71. The van der Waals surface area contributed by atoms with Gasteiger partial charge in [-0.15, -0.1) is 0 Å². The van der Waals surface area contributed by atoms with Crippen molar-refractivity contribution in [2.45, 2.75) is 25.7 Å². The van der Waals surface area contributed by atoms with Gasteiger partial charge in [-0.05, 0) is 52.9 Å². The fourth-order valence-corrected chi connectivity index (χ4v) is 2.61. The zero-order valence-electron chi connectivity index (χ0n) is 8.83. The van der Waals surface area contributed by atoms with Gasteiger partial charge >= 0.3 is 0 Å². The molecular formula is C12H12BrN3. The summed E-state index contributed by atoms with van der Waals surface area (Å²) in [5, 5.41) is 0. The van der Waals surface area contributed by atoms with Crippen LogP contribution in [0.4, 0.5) is 5.82 Å². The summed E-state index contributed by atoms with van der Waals surface area (Å²) in [6, 6.07) is 0. The molecule has 1 spiro atoms. The molecule has 2 fully saturated rings. The van der Waals surface area contributed by atoms with Crippen LogP contribution in [0.25, 0.3) is 0 Å². The van der Waals surface area contributed by atoms with E-state index in [0.717, 1.165) is 0 Å². The average Bonchev–Trinajstić information content (AvgIpc) is 2.95. The second-order valence-electron chi connectivity index (χ2n) is 4.80. The van der Waals surface area contributed by atoms with E-state index >= 15 is 0 Å². The molecule has 3 nitrogen and oxygen atoms in total. The minimum atomic E-state index is 0.405. The smallest absolute Gasteiger partial charge is 0.159 e. The second-order valence-corrected chi connectivity index (χ2v) is 5.61. The van der Waals surface area contributed by atoms with Crippen LogP contribution >= 0.6 is 15.9 Å². The van der Waals surface area contributed by atoms with Crippen LogP contribution in [0.1, 0.15) is 31.4 Å². The van der Waals surface area contributed by atoms with Crippen LogP contribution in [0.3, 0.4) is 0 Å². The lowest BCUT2D eigenvalue weighted by Crippen LogP contribution is -2.23. The molecule has 0 atom stereocenters. The third-order valence-electron chi connectivity index (χ3n) is 3.48. The topological polar surface area (TPSA) is 51.8 Å². The monoisotopic (exact) mass is 277 g/mol. The summed E-state index contributed by atoms with van der Waals surface area (Å²) < 4.78 is 0.649. The molecule has 0 bridgehead atoms. The number of nitrogens with zero attached hydrogens (tertiary/aromatic N) is 2. The fraction of sp³-hybridized carbons (Fsp3) is 0.500. The van der Waals surface area contributed by atoms with Crippen molar-refractivity contribution in [2.75, 3.05) is 5.73 Å². The highest BCUT2D eigenvalue weighted by Gasteiger charge is 2.52. The summed E-state index contributed by atoms with van der Waals surface area (Å²) in [4.78, 5) is 8.22. The summed E-state index contributed by atoms with van der Waals surface area (Å²) in [7, 11) is 0. The molecule has 16 heavy (non-hydrogen) atoms. The minimum Gasteiger partial charge on any atom is -0.381 e. The van der Waals surface area contributed by atoms with E-state index in [4.69, 9.17) is 5.73 Å². The van der Waals surface area contributed by atoms with Crippen LogP contribution in [-0.2, 0) is 0 Å². The Kier molecular flexibility index (Phi) is 2.18. The Labute approximate surface area is 103 Å². The number of anilines is 1. The van der Waals surface area contributed by atoms with Crippen molar-refractivity contribution in [1.82, 2.24) is 9.97 Å². The van der Waals surface area contributed by atoms with Gasteiger partial charge in [-0.1, -0.05) is 5.92 Å². The molecule has 0 unspecified atom stereocenters. The zero-order chi connectivity index (χ0) is 11.2. The number of hydrogen-bond acceptors (Lipinski definition) is 3. The molecule has 0 radical (unpaired) electrons. The van der Waals surface area contributed by atoms with E-state index in [2.05, 4.69) is 37.7 Å². The van der Waals surface area contributed by atoms with Crippen molar-refractivity contribution in [3.63, 3.8) is 0 Å². The van der Waals surface area contributed by atoms with Gasteiger partial charge in [-0.3, -0.25) is 0 Å². The summed E-state index contributed by atoms with van der Waals surface area (Å²) in [5.41, 5.74) is 7.03. The van der Waals surface area contributed by atoms with Crippen LogP contribution in [0.2, 0.25) is 0 Å². The first kappa shape index (κ1) is 10.1. The first-order valence-corrected chi connectivity index (χ1v) is 6.26. The van der Waals surface area contributed by atoms with Crippen LogP contribution in [0.5, 0.6) is 0 Å². The number of nitrogens with two attached hydrogens (primary N) is 1. The van der Waals surface area contributed by atoms with Gasteiger partial charge in [-0.25, -0.2) is 9.97 Å². The van der Waals surface area contributed by atoms with E-state index in [1.165, 1.54) is 25.7 Å². The molecule has 2 N–H and O–H groups in total. The Bertz CT molecular complexity index is 489. The average molecular weight is 278 g/mol. The van der Waals surface area contributed by atoms with Gasteiger partial charge in [0.05, 0.1) is 6.20 Å². The molecule has 3 rings (SSSR count). The lowest BCUT2D eigenvalue weighted by atomic mass is 9.72. The molecule has 1 heterocycles. The zero-order valence-corrected chi connectivity index (χ0v) is 10.4. The van der Waals surface area contributed by atoms with Crippen molar-refractivity contribution in [3.8, 4) is 11.8 Å². The maximum absolute atomic E-state index is 5.73. The number of hydrogen-bond donors (Lipinski definition) is 1. The molecule has 0 aromatic carbocycles. The van der Waals surface area contributed by atoms with E-state index in [0.29, 0.717) is 27.4 Å². The molecule has 1 aromatic rings. The molecule has 1 aromatic heterocycles. The SMILES string of the molecule is Nc1nc(Br)cnc1C#CC1CC2(CC2)C1. The highest BCUT2D eigenvalue weighted by Crippen LogP contribution is 2.63. The van der Waals surface area contributed by atoms with Crippen LogP contribution < -0.4 is 5.73 Å². The van der Waals surface area contributed by atoms with Gasteiger partial charge in [0.15, 0.2) is 11.5 Å². The van der Waals surface area contributed by atoms with E-state index in [1.807, 2.05) is 0 Å². The fourth-order valence-electron chi connectivity index (χ4n) is 2.32. The van der Waals surface area contributed by atoms with E-state index < -0.39 is 0 Å². The van der Waals surface area contributed by atoms with Gasteiger partial charge in [0.1, 0.15) is 4.60 Å². The lowest BCUT2D eigenvalue weighted by molar-refractivity contribution is 0.222. The van der Waals surface area contributed by atoms with Gasteiger partial charge < -0.3 is 5.73 Å². The molecular weight excluding hydrogens is 266 g/mol. The van der Waals surface area contributed by atoms with Crippen molar-refractivity contribution < 1.29 is 0 Å². The van der Waals surface area contributed by atoms with Crippen molar-refractivity contribution >= 4 is 21.7 Å². The van der Waals surface area contributed by atoms with Crippen molar-refractivity contribution in [2.24, 2.45) is 11.3 Å². The predicted octanol–water partition coefficient (Wildman–Crippen LogP) is 2.36. The second kappa shape index (κ2) is 3.46. The van der Waals surface area contributed by atoms with Crippen LogP contribution in [0, 0.1) is 23.2 Å². The molecule has 2 aliphatic rings. The first-order valence-electron chi connectivity index (χ1n) is 5.46. The highest BCUT2D eigenvalue weighted by molar-refractivity contribution is 9.10. The molecule has 4 heteroatoms. The summed E-state index contributed by atoms with van der Waals surface area (Å²) in [6.07, 6.45) is 6.98. The number of nitrogen functional groups attached to an aromatic ring is 1. The Hall–Kier alpha value is -1.08. The summed E-state index contributed by atoms with van der Waals surface area (Å²) in [5.74, 6) is 7.24. The normalized spacial score (nSPS) is 21.1. The van der Waals surface area contributed by atoms with E-state index in [1.54, 1.807) is 6.20 Å². The van der Waals surface area contributed by atoms with Gasteiger partial charge in [-0.2, -0.15) is 0 Å². The van der Waals surface area contributed by atoms with Crippen molar-refractivity contribution in [3.05, 3.63) is 16.5 Å². The molecule has 82 valence electrons. The highest BCUT2D eigenvalue weighted by atomic mass is 79.9. The summed E-state index contributed by atoms with van der Waals surface area (Å²) in [6.45, 7) is 0. The number of rotatable bonds is 0. The maximum Gasteiger partial charge on any atom is 0.159 e. The quantitative estimate of drug-likeness (QED) is 0.741. The Morgan fingerprint density at radius 2 is 2.19 bits per heavy atom. The third-order valence-corrected chi connectivity index (χ3v) is 3.86. The van der Waals surface area contributed by atoms with Gasteiger partial charge in [0.25, 0.3) is 0 Å². The molecule has 2 aliphatic carbocycles. The maximum atomic E-state index is 5.73. The predicted molar refractivity (Wildman–Crippen MR) is 65.4 cm³/mol. The van der Waals surface area contributed by atoms with Gasteiger partial charge in [0, 0.05) is 5.92 Å². The third kappa shape index (κ3) is 1.80. The van der Waals surface area contributed by atoms with Crippen molar-refractivity contribution in [1.29, 1.82) is 0 Å². The standard InChI is InChI=1S/C12H12BrN3/c13-10-7-15-9(11(14)16-10)2-1-8-5-12(6-8)3-4-12/h7-8H,3-6H2,(H2,14,16). The van der Waals surface area contributed by atoms with E-state index in [9.17, 15) is 0 Å². The largest absolute Gasteiger partial charge is 0.381 e. The number of aromatic nitrogens is 2. The Morgan fingerprint density at radius 1 is 1.44 bits per heavy atom. The number of halogens is 1. The molecule has 2 saturated carbocycles. The van der Waals surface area contributed by atoms with Crippen LogP contribution in [-0.4, -0.2) is 9.97 Å². The van der Waals surface area contributed by atoms with E-state index in [-0.39, 0.29) is 0 Å². The Morgan fingerprint density at radius 3 is 2.81 bits per heavy atom.